The average molecular weight is 378 g/mol. The number of hydrogen-bond donors (Lipinski definition) is 0. The van der Waals surface area contributed by atoms with E-state index in [2.05, 4.69) is 0 Å². The first-order chi connectivity index (χ1) is 12.9. The van der Waals surface area contributed by atoms with E-state index in [-0.39, 0.29) is 41.6 Å². The van der Waals surface area contributed by atoms with E-state index in [0.29, 0.717) is 13.2 Å². The minimum Gasteiger partial charge on any atom is -0.466 e. The molecule has 0 N–H and O–H groups in total. The van der Waals surface area contributed by atoms with Gasteiger partial charge in [-0.15, -0.1) is 0 Å². The van der Waals surface area contributed by atoms with E-state index in [1.54, 1.807) is 0 Å². The Bertz CT molecular complexity index is 616. The van der Waals surface area contributed by atoms with Crippen LogP contribution < -0.4 is 0 Å². The lowest BCUT2D eigenvalue weighted by Gasteiger charge is -2.52. The van der Waals surface area contributed by atoms with Crippen molar-refractivity contribution >= 4 is 23.8 Å². The number of carbonyl (C=O) groups excluding carboxylic acids is 4. The molecule has 3 aliphatic rings. The maximum absolute atomic E-state index is 12.8. The fraction of sp³-hybridized carbons (Fsp3) is 0.800. The molecule has 2 aliphatic carbocycles. The maximum Gasteiger partial charge on any atom is 0.333 e. The quantitative estimate of drug-likeness (QED) is 0.524. The molecule has 0 bridgehead atoms. The Hall–Kier alpha value is -1.92. The Morgan fingerprint density at radius 1 is 1.11 bits per heavy atom. The monoisotopic (exact) mass is 378 g/mol. The molecule has 0 aromatic heterocycles. The Labute approximate surface area is 160 Å². The minimum atomic E-state index is -0.441. The Kier molecular flexibility index (Phi) is 5.86. The molecule has 3 rings (SSSR count). The van der Waals surface area contributed by atoms with Crippen molar-refractivity contribution in [2.24, 2.45) is 11.3 Å². The number of carbonyl (C=O) groups is 4. The van der Waals surface area contributed by atoms with Gasteiger partial charge in [-0.25, -0.2) is 4.79 Å². The van der Waals surface area contributed by atoms with E-state index in [1.807, 2.05) is 13.8 Å². The standard InChI is InChI=1S/C20H30N2O5/c1-3-5-10-21-16(23)11-17(24)22(19(21)26)15-6-8-20(9-7-15)12-14(13-20)18(25)27-4-2/h14-15H,3-13H2,1-2H3. The van der Waals surface area contributed by atoms with Crippen LogP contribution in [0.5, 0.6) is 0 Å². The van der Waals surface area contributed by atoms with Crippen molar-refractivity contribution in [2.45, 2.75) is 77.7 Å². The van der Waals surface area contributed by atoms with E-state index in [0.717, 1.165) is 51.4 Å². The van der Waals surface area contributed by atoms with Crippen LogP contribution >= 0.6 is 0 Å². The van der Waals surface area contributed by atoms with Crippen molar-refractivity contribution in [3.63, 3.8) is 0 Å². The number of hydrogen-bond acceptors (Lipinski definition) is 5. The average Bonchev–Trinajstić information content (AvgIpc) is 2.60. The lowest BCUT2D eigenvalue weighted by atomic mass is 9.55. The van der Waals surface area contributed by atoms with Crippen molar-refractivity contribution in [2.75, 3.05) is 13.2 Å². The van der Waals surface area contributed by atoms with Gasteiger partial charge < -0.3 is 4.74 Å². The summed E-state index contributed by atoms with van der Waals surface area (Å²) in [7, 11) is 0. The van der Waals surface area contributed by atoms with Crippen LogP contribution in [0, 0.1) is 11.3 Å². The molecule has 0 aromatic carbocycles. The topological polar surface area (TPSA) is 84.0 Å². The van der Waals surface area contributed by atoms with Crippen molar-refractivity contribution in [1.82, 2.24) is 9.80 Å². The third-order valence-corrected chi connectivity index (χ3v) is 6.40. The molecule has 27 heavy (non-hydrogen) atoms. The molecule has 2 saturated carbocycles. The van der Waals surface area contributed by atoms with Gasteiger partial charge >= 0.3 is 12.0 Å². The van der Waals surface area contributed by atoms with Crippen LogP contribution in [0.25, 0.3) is 0 Å². The van der Waals surface area contributed by atoms with Crippen LogP contribution in [0.1, 0.15) is 71.6 Å². The summed E-state index contributed by atoms with van der Waals surface area (Å²) in [6.07, 6.45) is 6.46. The highest BCUT2D eigenvalue weighted by atomic mass is 16.5. The zero-order valence-corrected chi connectivity index (χ0v) is 16.4. The van der Waals surface area contributed by atoms with Crippen LogP contribution in [-0.4, -0.2) is 52.8 Å². The molecule has 0 aromatic rings. The zero-order chi connectivity index (χ0) is 19.6. The summed E-state index contributed by atoms with van der Waals surface area (Å²) >= 11 is 0. The normalized spacial score (nSPS) is 31.3. The molecule has 3 fully saturated rings. The van der Waals surface area contributed by atoms with E-state index in [1.165, 1.54) is 9.80 Å². The number of esters is 1. The largest absolute Gasteiger partial charge is 0.466 e. The van der Waals surface area contributed by atoms with E-state index >= 15 is 0 Å². The smallest absolute Gasteiger partial charge is 0.333 e. The van der Waals surface area contributed by atoms with Gasteiger partial charge in [0, 0.05) is 12.6 Å². The summed E-state index contributed by atoms with van der Waals surface area (Å²) in [5.74, 6) is -0.839. The highest BCUT2D eigenvalue weighted by Crippen LogP contribution is 2.55. The Morgan fingerprint density at radius 3 is 2.37 bits per heavy atom. The van der Waals surface area contributed by atoms with Gasteiger partial charge in [0.05, 0.1) is 12.5 Å². The van der Waals surface area contributed by atoms with Crippen LogP contribution in [0.2, 0.25) is 0 Å². The number of rotatable bonds is 6. The van der Waals surface area contributed by atoms with Crippen molar-refractivity contribution in [3.8, 4) is 0 Å². The summed E-state index contributed by atoms with van der Waals surface area (Å²) in [5.41, 5.74) is 0.160. The van der Waals surface area contributed by atoms with Gasteiger partial charge in [-0.3, -0.25) is 24.2 Å². The Morgan fingerprint density at radius 2 is 1.78 bits per heavy atom. The Balaban J connectivity index is 1.57. The predicted molar refractivity (Wildman–Crippen MR) is 97.5 cm³/mol. The third-order valence-electron chi connectivity index (χ3n) is 6.40. The van der Waals surface area contributed by atoms with Gasteiger partial charge in [-0.1, -0.05) is 13.3 Å². The van der Waals surface area contributed by atoms with Crippen molar-refractivity contribution in [3.05, 3.63) is 0 Å². The zero-order valence-electron chi connectivity index (χ0n) is 16.4. The molecule has 7 nitrogen and oxygen atoms in total. The SMILES string of the molecule is CCCCN1C(=O)CC(=O)N(C2CCC3(CC2)CC(C(=O)OCC)C3)C1=O. The third kappa shape index (κ3) is 3.87. The molecule has 4 amide bonds. The number of ether oxygens (including phenoxy) is 1. The van der Waals surface area contributed by atoms with E-state index < -0.39 is 6.03 Å². The summed E-state index contributed by atoms with van der Waals surface area (Å²) < 4.78 is 5.10. The van der Waals surface area contributed by atoms with Crippen molar-refractivity contribution in [1.29, 1.82) is 0 Å². The van der Waals surface area contributed by atoms with Gasteiger partial charge in [0.2, 0.25) is 11.8 Å². The number of unbranched alkanes of at least 4 members (excludes halogenated alkanes) is 1. The number of barbiturate groups is 1. The summed E-state index contributed by atoms with van der Waals surface area (Å²) in [6.45, 7) is 4.62. The molecule has 0 radical (unpaired) electrons. The number of imide groups is 2. The molecular weight excluding hydrogens is 348 g/mol. The number of nitrogens with zero attached hydrogens (tertiary/aromatic N) is 2. The second-order valence-electron chi connectivity index (χ2n) is 8.21. The first kappa shape index (κ1) is 19.8. The molecule has 1 saturated heterocycles. The van der Waals surface area contributed by atoms with Gasteiger partial charge in [0.15, 0.2) is 0 Å². The second-order valence-corrected chi connectivity index (χ2v) is 8.21. The highest BCUT2D eigenvalue weighted by Gasteiger charge is 2.51. The van der Waals surface area contributed by atoms with Gasteiger partial charge in [-0.2, -0.15) is 0 Å². The summed E-state index contributed by atoms with van der Waals surface area (Å²) in [5, 5.41) is 0. The van der Waals surface area contributed by atoms with Gasteiger partial charge in [-0.05, 0) is 57.3 Å². The first-order valence-corrected chi connectivity index (χ1v) is 10.2. The highest BCUT2D eigenvalue weighted by molar-refractivity contribution is 6.14. The molecule has 1 aliphatic heterocycles. The van der Waals surface area contributed by atoms with Gasteiger partial charge in [0.25, 0.3) is 0 Å². The van der Waals surface area contributed by atoms with Crippen LogP contribution in [-0.2, 0) is 19.1 Å². The fourth-order valence-corrected chi connectivity index (χ4v) is 4.84. The van der Waals surface area contributed by atoms with Crippen molar-refractivity contribution < 1.29 is 23.9 Å². The minimum absolute atomic E-state index is 0.00177. The van der Waals surface area contributed by atoms with Gasteiger partial charge in [0.1, 0.15) is 6.42 Å². The molecular formula is C20H30N2O5. The molecule has 0 atom stereocenters. The first-order valence-electron chi connectivity index (χ1n) is 10.2. The lowest BCUT2D eigenvalue weighted by molar-refractivity contribution is -0.158. The van der Waals surface area contributed by atoms with Crippen LogP contribution in [0.3, 0.4) is 0 Å². The summed E-state index contributed by atoms with van der Waals surface area (Å²) in [4.78, 5) is 51.7. The molecule has 150 valence electrons. The predicted octanol–water partition coefficient (Wildman–Crippen LogP) is 2.87. The lowest BCUT2D eigenvalue weighted by Crippen LogP contribution is -2.59. The second kappa shape index (κ2) is 7.98. The number of amides is 4. The molecule has 1 heterocycles. The number of urea groups is 1. The van der Waals surface area contributed by atoms with E-state index in [9.17, 15) is 19.2 Å². The molecule has 0 unspecified atom stereocenters. The fourth-order valence-electron chi connectivity index (χ4n) is 4.84. The molecule has 7 heteroatoms. The van der Waals surface area contributed by atoms with Crippen LogP contribution in [0.15, 0.2) is 0 Å². The molecule has 1 spiro atoms. The van der Waals surface area contributed by atoms with Crippen LogP contribution in [0.4, 0.5) is 4.79 Å². The summed E-state index contributed by atoms with van der Waals surface area (Å²) in [6, 6.07) is -0.571. The van der Waals surface area contributed by atoms with E-state index in [4.69, 9.17) is 4.74 Å². The maximum atomic E-state index is 12.8.